The van der Waals surface area contributed by atoms with Crippen molar-refractivity contribution in [1.29, 1.82) is 0 Å². The molecule has 0 saturated carbocycles. The van der Waals surface area contributed by atoms with Crippen LogP contribution < -0.4 is 10.1 Å². The molecule has 4 aromatic rings. The van der Waals surface area contributed by atoms with Crippen molar-refractivity contribution in [3.63, 3.8) is 0 Å². The minimum Gasteiger partial charge on any atom is -0.508 e. The lowest BCUT2D eigenvalue weighted by molar-refractivity contribution is -0.116. The number of Topliss-reactive ketones (excluding diaryl/α,β-unsaturated/α-hetero) is 1. The molecule has 0 unspecified atom stereocenters. The predicted molar refractivity (Wildman–Crippen MR) is 149 cm³/mol. The van der Waals surface area contributed by atoms with Crippen molar-refractivity contribution in [2.75, 3.05) is 11.9 Å². The monoisotopic (exact) mass is 489 g/mol. The predicted octanol–water partition coefficient (Wildman–Crippen LogP) is 7.79. The highest BCUT2D eigenvalue weighted by Gasteiger charge is 2.38. The number of anilines is 1. The molecule has 2 N–H and O–H groups in total. The van der Waals surface area contributed by atoms with Crippen LogP contribution in [0, 0.1) is 0 Å². The summed E-state index contributed by atoms with van der Waals surface area (Å²) in [6, 6.07) is 27.9. The second kappa shape index (κ2) is 9.78. The molecule has 4 aromatic carbocycles. The van der Waals surface area contributed by atoms with Gasteiger partial charge in [0.15, 0.2) is 5.78 Å². The summed E-state index contributed by atoms with van der Waals surface area (Å²) in [7, 11) is 0. The van der Waals surface area contributed by atoms with E-state index in [1.54, 1.807) is 12.1 Å². The zero-order valence-electron chi connectivity index (χ0n) is 21.0. The fourth-order valence-electron chi connectivity index (χ4n) is 5.77. The van der Waals surface area contributed by atoms with Gasteiger partial charge >= 0.3 is 0 Å². The fraction of sp³-hybridized carbons (Fsp3) is 0.242. The molecule has 2 atom stereocenters. The largest absolute Gasteiger partial charge is 0.508 e. The van der Waals surface area contributed by atoms with Gasteiger partial charge in [0.2, 0.25) is 0 Å². The van der Waals surface area contributed by atoms with Crippen LogP contribution in [0.15, 0.2) is 90.5 Å². The van der Waals surface area contributed by atoms with Gasteiger partial charge in [-0.05, 0) is 76.6 Å². The van der Waals surface area contributed by atoms with E-state index in [1.807, 2.05) is 24.3 Å². The Balaban J connectivity index is 1.43. The van der Waals surface area contributed by atoms with E-state index in [1.165, 1.54) is 10.9 Å². The number of allylic oxidation sites excluding steroid dienone is 1. The molecule has 4 heteroatoms. The normalized spacial score (nSPS) is 18.8. The van der Waals surface area contributed by atoms with Crippen molar-refractivity contribution in [1.82, 2.24) is 0 Å². The number of hydrogen-bond donors (Lipinski definition) is 2. The molecule has 0 spiro atoms. The summed E-state index contributed by atoms with van der Waals surface area (Å²) >= 11 is 0. The number of phenols is 1. The maximum Gasteiger partial charge on any atom is 0.162 e. The maximum absolute atomic E-state index is 13.9. The lowest BCUT2D eigenvalue weighted by atomic mass is 9.71. The Kier molecular flexibility index (Phi) is 6.17. The second-order valence-corrected chi connectivity index (χ2v) is 10.1. The number of nitrogens with one attached hydrogen (secondary N) is 1. The van der Waals surface area contributed by atoms with E-state index in [9.17, 15) is 9.90 Å². The van der Waals surface area contributed by atoms with Crippen molar-refractivity contribution in [3.8, 4) is 11.5 Å². The van der Waals surface area contributed by atoms with Gasteiger partial charge in [-0.15, -0.1) is 0 Å². The van der Waals surface area contributed by atoms with Crippen LogP contribution in [0.1, 0.15) is 61.3 Å². The summed E-state index contributed by atoms with van der Waals surface area (Å²) in [4.78, 5) is 13.9. The minimum atomic E-state index is -0.243. The molecular weight excluding hydrogens is 458 g/mol. The van der Waals surface area contributed by atoms with Gasteiger partial charge < -0.3 is 15.2 Å². The van der Waals surface area contributed by atoms with Gasteiger partial charge in [0.25, 0.3) is 0 Å². The zero-order chi connectivity index (χ0) is 25.4. The van der Waals surface area contributed by atoms with Crippen LogP contribution in [-0.2, 0) is 4.79 Å². The van der Waals surface area contributed by atoms with E-state index in [0.29, 0.717) is 6.42 Å². The number of aromatic hydroxyl groups is 1. The molecule has 6 rings (SSSR count). The van der Waals surface area contributed by atoms with Crippen LogP contribution in [0.25, 0.3) is 16.3 Å². The van der Waals surface area contributed by atoms with Crippen molar-refractivity contribution >= 4 is 27.8 Å². The highest BCUT2D eigenvalue weighted by atomic mass is 16.5. The first-order chi connectivity index (χ1) is 18.1. The Hall–Kier alpha value is -4.05. The number of fused-ring (bicyclic) bond motifs is 4. The minimum absolute atomic E-state index is 0.112. The maximum atomic E-state index is 13.9. The number of phenolic OH excluding ortho intramolecular Hbond substituents is 1. The average Bonchev–Trinajstić information content (AvgIpc) is 2.93. The number of carbonyl (C=O) groups excluding carboxylic acids is 1. The van der Waals surface area contributed by atoms with Crippen molar-refractivity contribution in [3.05, 3.63) is 107 Å². The standard InChI is InChI=1S/C33H31NO3/c1-2-3-18-37-26-15-10-21(11-16-26)24-19-28-31-27-7-5-4-6-22(27)12-17-29(31)34-33(32(28)30(36)20-24)23-8-13-25(35)14-9-23/h4-17,24,33-35H,2-3,18-20H2,1H3/t24-,33-/m1/s1. The number of unbranched alkanes of at least 4 members (excludes halogenated alkanes) is 1. The zero-order valence-corrected chi connectivity index (χ0v) is 21.0. The fourth-order valence-corrected chi connectivity index (χ4v) is 5.77. The number of hydrogen-bond acceptors (Lipinski definition) is 4. The van der Waals surface area contributed by atoms with Gasteiger partial charge in [-0.3, -0.25) is 4.79 Å². The smallest absolute Gasteiger partial charge is 0.162 e. The first kappa shape index (κ1) is 23.4. The Morgan fingerprint density at radius 2 is 1.65 bits per heavy atom. The third-order valence-corrected chi connectivity index (χ3v) is 7.67. The summed E-state index contributed by atoms with van der Waals surface area (Å²) in [5, 5.41) is 15.8. The van der Waals surface area contributed by atoms with E-state index < -0.39 is 0 Å². The molecule has 0 bridgehead atoms. The molecule has 0 amide bonds. The van der Waals surface area contributed by atoms with E-state index >= 15 is 0 Å². The van der Waals surface area contributed by atoms with Gasteiger partial charge in [0, 0.05) is 23.2 Å². The summed E-state index contributed by atoms with van der Waals surface area (Å²) in [6.07, 6.45) is 3.43. The molecule has 0 radical (unpaired) electrons. The van der Waals surface area contributed by atoms with Gasteiger partial charge in [-0.1, -0.05) is 67.9 Å². The number of ether oxygens (including phenoxy) is 1. The third-order valence-electron chi connectivity index (χ3n) is 7.67. The van der Waals surface area contributed by atoms with Crippen molar-refractivity contribution in [2.24, 2.45) is 0 Å². The Morgan fingerprint density at radius 3 is 2.43 bits per heavy atom. The van der Waals surface area contributed by atoms with E-state index in [-0.39, 0.29) is 23.5 Å². The van der Waals surface area contributed by atoms with E-state index in [0.717, 1.165) is 65.0 Å². The van der Waals surface area contributed by atoms with Crippen LogP contribution in [0.5, 0.6) is 11.5 Å². The molecule has 4 nitrogen and oxygen atoms in total. The van der Waals surface area contributed by atoms with Crippen LogP contribution >= 0.6 is 0 Å². The molecule has 0 aromatic heterocycles. The SMILES string of the molecule is CCCCOc1ccc([C@H]2CC(=O)C3=C(C2)c2c(ccc4ccccc24)N[C@@H]3c2ccc(O)cc2)cc1. The number of ketones is 1. The molecule has 2 aliphatic rings. The first-order valence-electron chi connectivity index (χ1n) is 13.2. The second-order valence-electron chi connectivity index (χ2n) is 10.1. The summed E-state index contributed by atoms with van der Waals surface area (Å²) in [5.41, 5.74) is 6.32. The molecule has 1 heterocycles. The lowest BCUT2D eigenvalue weighted by Crippen LogP contribution is -2.29. The van der Waals surface area contributed by atoms with Crippen LogP contribution in [0.3, 0.4) is 0 Å². The molecule has 0 fully saturated rings. The number of carbonyl (C=O) groups is 1. The van der Waals surface area contributed by atoms with Gasteiger partial charge in [-0.25, -0.2) is 0 Å². The quantitative estimate of drug-likeness (QED) is 0.271. The summed E-state index contributed by atoms with van der Waals surface area (Å²) < 4.78 is 5.86. The van der Waals surface area contributed by atoms with Crippen LogP contribution in [0.2, 0.25) is 0 Å². The Bertz CT molecular complexity index is 1480. The molecule has 0 saturated heterocycles. The van der Waals surface area contributed by atoms with E-state index in [2.05, 4.69) is 60.8 Å². The van der Waals surface area contributed by atoms with Crippen molar-refractivity contribution in [2.45, 2.75) is 44.6 Å². The first-order valence-corrected chi connectivity index (χ1v) is 13.2. The highest BCUT2D eigenvalue weighted by molar-refractivity contribution is 6.13. The molecule has 37 heavy (non-hydrogen) atoms. The topological polar surface area (TPSA) is 58.6 Å². The Morgan fingerprint density at radius 1 is 0.892 bits per heavy atom. The molecule has 186 valence electrons. The van der Waals surface area contributed by atoms with Crippen molar-refractivity contribution < 1.29 is 14.6 Å². The summed E-state index contributed by atoms with van der Waals surface area (Å²) in [6.45, 7) is 2.88. The number of benzene rings is 4. The van der Waals surface area contributed by atoms with Crippen LogP contribution in [-0.4, -0.2) is 17.5 Å². The lowest BCUT2D eigenvalue weighted by Gasteiger charge is -2.37. The van der Waals surface area contributed by atoms with Crippen LogP contribution in [0.4, 0.5) is 5.69 Å². The molecular formula is C33H31NO3. The Labute approximate surface area is 217 Å². The highest BCUT2D eigenvalue weighted by Crippen LogP contribution is 2.51. The molecule has 1 aliphatic carbocycles. The van der Waals surface area contributed by atoms with E-state index in [4.69, 9.17) is 4.74 Å². The van der Waals surface area contributed by atoms with Gasteiger partial charge in [0.05, 0.1) is 12.6 Å². The molecule has 1 aliphatic heterocycles. The van der Waals surface area contributed by atoms with Gasteiger partial charge in [-0.2, -0.15) is 0 Å². The number of rotatable bonds is 6. The van der Waals surface area contributed by atoms with Gasteiger partial charge in [0.1, 0.15) is 11.5 Å². The average molecular weight is 490 g/mol. The third kappa shape index (κ3) is 4.37. The summed E-state index contributed by atoms with van der Waals surface area (Å²) in [5.74, 6) is 1.39.